The summed E-state index contributed by atoms with van der Waals surface area (Å²) >= 11 is 0. The van der Waals surface area contributed by atoms with E-state index in [2.05, 4.69) is 19.2 Å². The fourth-order valence-electron chi connectivity index (χ4n) is 2.05. The van der Waals surface area contributed by atoms with E-state index in [0.717, 1.165) is 6.42 Å². The molecule has 0 aromatic carbocycles. The van der Waals surface area contributed by atoms with Crippen LogP contribution >= 0.6 is 0 Å². The molecule has 0 fully saturated rings. The number of amides is 1. The van der Waals surface area contributed by atoms with Crippen LogP contribution in [0.3, 0.4) is 0 Å². The van der Waals surface area contributed by atoms with Crippen LogP contribution in [0, 0.1) is 17.8 Å². The van der Waals surface area contributed by atoms with Gasteiger partial charge in [0.05, 0.1) is 0 Å². The summed E-state index contributed by atoms with van der Waals surface area (Å²) in [6.45, 7) is 8.10. The van der Waals surface area contributed by atoms with Crippen LogP contribution in [0.2, 0.25) is 0 Å². The average molecular weight is 246 g/mol. The van der Waals surface area contributed by atoms with E-state index in [4.69, 9.17) is 10.8 Å². The molecule has 3 atom stereocenters. The number of carboxylic acid groups (broad SMARTS) is 1. The predicted molar refractivity (Wildman–Crippen MR) is 67.5 cm³/mol. The van der Waals surface area contributed by atoms with Gasteiger partial charge in [-0.05, 0) is 24.7 Å². The van der Waals surface area contributed by atoms with Crippen LogP contribution < -0.4 is 11.1 Å². The number of aliphatic hydroxyl groups is 1. The van der Waals surface area contributed by atoms with E-state index in [-0.39, 0.29) is 17.9 Å². The van der Waals surface area contributed by atoms with Gasteiger partial charge in [0.2, 0.25) is 0 Å². The zero-order valence-electron chi connectivity index (χ0n) is 11.2. The summed E-state index contributed by atoms with van der Waals surface area (Å²) in [6.07, 6.45) is -0.758. The fraction of sp³-hybridized carbons (Fsp3) is 0.917. The van der Waals surface area contributed by atoms with Gasteiger partial charge in [0, 0.05) is 12.0 Å². The van der Waals surface area contributed by atoms with Crippen molar-refractivity contribution >= 4 is 6.09 Å². The molecule has 5 heteroatoms. The molecule has 0 rings (SSSR count). The van der Waals surface area contributed by atoms with Crippen molar-refractivity contribution < 1.29 is 15.0 Å². The van der Waals surface area contributed by atoms with Crippen LogP contribution in [0.15, 0.2) is 0 Å². The Balaban J connectivity index is 4.37. The van der Waals surface area contributed by atoms with Crippen LogP contribution in [-0.2, 0) is 0 Å². The Morgan fingerprint density at radius 2 is 1.76 bits per heavy atom. The van der Waals surface area contributed by atoms with Crippen molar-refractivity contribution in [1.29, 1.82) is 0 Å². The van der Waals surface area contributed by atoms with Gasteiger partial charge >= 0.3 is 6.09 Å². The Kier molecular flexibility index (Phi) is 7.15. The van der Waals surface area contributed by atoms with E-state index in [1.54, 1.807) is 0 Å². The number of hydrogen-bond donors (Lipinski definition) is 4. The molecule has 1 amide bonds. The topological polar surface area (TPSA) is 95.6 Å². The third kappa shape index (κ3) is 7.18. The minimum atomic E-state index is -1.21. The summed E-state index contributed by atoms with van der Waals surface area (Å²) in [6, 6.07) is -0.00681. The Morgan fingerprint density at radius 1 is 1.24 bits per heavy atom. The second-order valence-electron chi connectivity index (χ2n) is 5.43. The van der Waals surface area contributed by atoms with Crippen LogP contribution in [-0.4, -0.2) is 28.6 Å². The molecule has 0 heterocycles. The van der Waals surface area contributed by atoms with Crippen LogP contribution in [0.25, 0.3) is 0 Å². The highest BCUT2D eigenvalue weighted by atomic mass is 16.4. The smallest absolute Gasteiger partial charge is 0.406 e. The molecule has 0 spiro atoms. The zero-order chi connectivity index (χ0) is 13.6. The van der Waals surface area contributed by atoms with Gasteiger partial charge in [-0.1, -0.05) is 27.7 Å². The number of nitrogens with one attached hydrogen (secondary N) is 1. The first-order chi connectivity index (χ1) is 7.73. The minimum absolute atomic E-state index is 0.00681. The first kappa shape index (κ1) is 16.2. The maximum atomic E-state index is 10.5. The molecule has 0 radical (unpaired) electrons. The summed E-state index contributed by atoms with van der Waals surface area (Å²) in [5.41, 5.74) is 6.00. The van der Waals surface area contributed by atoms with Crippen LogP contribution in [0.5, 0.6) is 0 Å². The van der Waals surface area contributed by atoms with E-state index in [1.165, 1.54) is 0 Å². The molecule has 17 heavy (non-hydrogen) atoms. The van der Waals surface area contributed by atoms with E-state index in [1.807, 2.05) is 13.8 Å². The molecule has 0 bridgehead atoms. The quantitative estimate of drug-likeness (QED) is 0.513. The Morgan fingerprint density at radius 3 is 2.12 bits per heavy atom. The third-order valence-corrected chi connectivity index (χ3v) is 2.88. The molecular weight excluding hydrogens is 220 g/mol. The van der Waals surface area contributed by atoms with Gasteiger partial charge in [-0.25, -0.2) is 4.79 Å². The Hall–Kier alpha value is -0.810. The molecule has 0 aliphatic rings. The largest absolute Gasteiger partial charge is 0.465 e. The van der Waals surface area contributed by atoms with E-state index in [0.29, 0.717) is 12.3 Å². The summed E-state index contributed by atoms with van der Waals surface area (Å²) in [4.78, 5) is 10.5. The van der Waals surface area contributed by atoms with Crippen molar-refractivity contribution in [2.75, 3.05) is 0 Å². The zero-order valence-corrected chi connectivity index (χ0v) is 11.2. The van der Waals surface area contributed by atoms with Gasteiger partial charge in [-0.15, -0.1) is 0 Å². The number of rotatable bonds is 7. The number of carbonyl (C=O) groups is 1. The van der Waals surface area contributed by atoms with Gasteiger partial charge in [0.1, 0.15) is 6.23 Å². The Labute approximate surface area is 103 Å². The number of nitrogens with two attached hydrogens (primary N) is 1. The number of hydrogen-bond acceptors (Lipinski definition) is 3. The maximum absolute atomic E-state index is 10.5. The summed E-state index contributed by atoms with van der Waals surface area (Å²) in [5.74, 6) is 0.525. The van der Waals surface area contributed by atoms with Gasteiger partial charge in [-0.2, -0.15) is 0 Å². The molecule has 0 saturated carbocycles. The summed E-state index contributed by atoms with van der Waals surface area (Å²) < 4.78 is 0. The van der Waals surface area contributed by atoms with E-state index in [9.17, 15) is 9.90 Å². The van der Waals surface area contributed by atoms with Gasteiger partial charge in [0.15, 0.2) is 0 Å². The van der Waals surface area contributed by atoms with Crippen molar-refractivity contribution in [2.24, 2.45) is 23.5 Å². The lowest BCUT2D eigenvalue weighted by molar-refractivity contribution is 0.0432. The molecule has 0 aliphatic carbocycles. The number of aliphatic hydroxyl groups excluding tert-OH is 1. The molecule has 5 N–H and O–H groups in total. The van der Waals surface area contributed by atoms with Crippen molar-refractivity contribution in [3.63, 3.8) is 0 Å². The van der Waals surface area contributed by atoms with Crippen LogP contribution in [0.1, 0.15) is 40.5 Å². The normalized spacial score (nSPS) is 16.9. The second-order valence-corrected chi connectivity index (χ2v) is 5.43. The lowest BCUT2D eigenvalue weighted by Gasteiger charge is -2.29. The van der Waals surface area contributed by atoms with Crippen molar-refractivity contribution in [2.45, 2.75) is 52.8 Å². The second kappa shape index (κ2) is 7.50. The van der Waals surface area contributed by atoms with Gasteiger partial charge in [-0.3, -0.25) is 5.32 Å². The minimum Gasteiger partial charge on any atom is -0.465 e. The highest BCUT2D eigenvalue weighted by molar-refractivity contribution is 5.64. The van der Waals surface area contributed by atoms with Crippen molar-refractivity contribution in [3.8, 4) is 0 Å². The molecule has 3 unspecified atom stereocenters. The first-order valence-electron chi connectivity index (χ1n) is 6.17. The highest BCUT2D eigenvalue weighted by Crippen LogP contribution is 2.22. The molecule has 0 aromatic heterocycles. The fourth-order valence-corrected chi connectivity index (χ4v) is 2.05. The standard InChI is InChI=1S/C12H26N2O3/c1-7(2)5-9(13)6-10(8(3)4)11(15)14-12(16)17/h7-11,14-15H,5-6,13H2,1-4H3,(H,16,17). The SMILES string of the molecule is CC(C)CC(N)CC(C(C)C)C(O)NC(=O)O. The van der Waals surface area contributed by atoms with E-state index < -0.39 is 12.3 Å². The highest BCUT2D eigenvalue weighted by Gasteiger charge is 2.26. The lowest BCUT2D eigenvalue weighted by atomic mass is 9.85. The van der Waals surface area contributed by atoms with E-state index >= 15 is 0 Å². The van der Waals surface area contributed by atoms with Gasteiger partial charge < -0.3 is 15.9 Å². The monoisotopic (exact) mass is 246 g/mol. The lowest BCUT2D eigenvalue weighted by Crippen LogP contribution is -2.43. The molecule has 0 aromatic rings. The summed E-state index contributed by atoms with van der Waals surface area (Å²) in [5, 5.41) is 20.5. The molecule has 0 aliphatic heterocycles. The molecule has 102 valence electrons. The molecule has 5 nitrogen and oxygen atoms in total. The third-order valence-electron chi connectivity index (χ3n) is 2.88. The Bertz CT molecular complexity index is 232. The first-order valence-corrected chi connectivity index (χ1v) is 6.17. The van der Waals surface area contributed by atoms with Crippen molar-refractivity contribution in [1.82, 2.24) is 5.32 Å². The maximum Gasteiger partial charge on any atom is 0.406 e. The summed E-state index contributed by atoms with van der Waals surface area (Å²) in [7, 11) is 0. The molecule has 0 saturated heterocycles. The van der Waals surface area contributed by atoms with Crippen LogP contribution in [0.4, 0.5) is 4.79 Å². The van der Waals surface area contributed by atoms with Crippen molar-refractivity contribution in [3.05, 3.63) is 0 Å². The molecular formula is C12H26N2O3. The average Bonchev–Trinajstić information content (AvgIpc) is 2.10. The van der Waals surface area contributed by atoms with Gasteiger partial charge in [0.25, 0.3) is 0 Å². The predicted octanol–water partition coefficient (Wildman–Crippen LogP) is 1.61.